The van der Waals surface area contributed by atoms with Crippen LogP contribution in [-0.4, -0.2) is 38.3 Å². The molecule has 1 saturated heterocycles. The Labute approximate surface area is 104 Å². The molecule has 2 atom stereocenters. The second kappa shape index (κ2) is 6.97. The summed E-state index contributed by atoms with van der Waals surface area (Å²) < 4.78 is 5.41. The van der Waals surface area contributed by atoms with Gasteiger partial charge in [-0.05, 0) is 31.8 Å². The Morgan fingerprint density at radius 2 is 2.06 bits per heavy atom. The van der Waals surface area contributed by atoms with Crippen LogP contribution >= 0.6 is 0 Å². The fourth-order valence-electron chi connectivity index (χ4n) is 1.84. The van der Waals surface area contributed by atoms with Crippen LogP contribution in [-0.2, 0) is 9.53 Å². The van der Waals surface area contributed by atoms with E-state index in [2.05, 4.69) is 24.5 Å². The molecule has 4 heteroatoms. The van der Waals surface area contributed by atoms with Crippen molar-refractivity contribution in [2.45, 2.75) is 33.7 Å². The average Bonchev–Trinajstić information content (AvgIpc) is 2.20. The highest BCUT2D eigenvalue weighted by atomic mass is 16.5. The molecule has 0 aromatic rings. The van der Waals surface area contributed by atoms with Gasteiger partial charge in [-0.25, -0.2) is 0 Å². The SMILES string of the molecule is CCOCC(NC(=O)C(C)C1CNC1)C(C)C. The summed E-state index contributed by atoms with van der Waals surface area (Å²) in [5.74, 6) is 1.15. The Kier molecular flexibility index (Phi) is 5.92. The number of hydrogen-bond acceptors (Lipinski definition) is 3. The summed E-state index contributed by atoms with van der Waals surface area (Å²) in [7, 11) is 0. The minimum absolute atomic E-state index is 0.0964. The zero-order valence-electron chi connectivity index (χ0n) is 11.5. The molecule has 0 aromatic heterocycles. The number of carbonyl (C=O) groups is 1. The van der Waals surface area contributed by atoms with Gasteiger partial charge in [0.1, 0.15) is 0 Å². The van der Waals surface area contributed by atoms with Crippen LogP contribution in [0.4, 0.5) is 0 Å². The highest BCUT2D eigenvalue weighted by Gasteiger charge is 2.30. The molecule has 1 heterocycles. The summed E-state index contributed by atoms with van der Waals surface area (Å²) in [5.41, 5.74) is 0. The van der Waals surface area contributed by atoms with Gasteiger partial charge in [-0.15, -0.1) is 0 Å². The average molecular weight is 242 g/mol. The van der Waals surface area contributed by atoms with E-state index >= 15 is 0 Å². The van der Waals surface area contributed by atoms with Crippen LogP contribution in [0, 0.1) is 17.8 Å². The molecule has 4 nitrogen and oxygen atoms in total. The number of rotatable bonds is 7. The fourth-order valence-corrected chi connectivity index (χ4v) is 1.84. The van der Waals surface area contributed by atoms with Gasteiger partial charge in [0.25, 0.3) is 0 Å². The van der Waals surface area contributed by atoms with Gasteiger partial charge >= 0.3 is 0 Å². The summed E-state index contributed by atoms with van der Waals surface area (Å²) in [5, 5.41) is 6.31. The third-order valence-corrected chi connectivity index (χ3v) is 3.57. The van der Waals surface area contributed by atoms with Crippen molar-refractivity contribution in [3.8, 4) is 0 Å². The summed E-state index contributed by atoms with van der Waals surface area (Å²) in [6.45, 7) is 11.4. The van der Waals surface area contributed by atoms with Crippen molar-refractivity contribution < 1.29 is 9.53 Å². The number of ether oxygens (including phenoxy) is 1. The zero-order chi connectivity index (χ0) is 12.8. The first-order valence-electron chi connectivity index (χ1n) is 6.65. The summed E-state index contributed by atoms with van der Waals surface area (Å²) >= 11 is 0. The van der Waals surface area contributed by atoms with E-state index in [9.17, 15) is 4.79 Å². The third-order valence-electron chi connectivity index (χ3n) is 3.57. The molecule has 1 aliphatic heterocycles. The van der Waals surface area contributed by atoms with Crippen molar-refractivity contribution in [2.75, 3.05) is 26.3 Å². The summed E-state index contributed by atoms with van der Waals surface area (Å²) in [4.78, 5) is 12.1. The molecule has 0 aromatic carbocycles. The Bertz CT molecular complexity index is 240. The van der Waals surface area contributed by atoms with Gasteiger partial charge in [0.05, 0.1) is 12.6 Å². The number of hydrogen-bond donors (Lipinski definition) is 2. The van der Waals surface area contributed by atoms with E-state index < -0.39 is 0 Å². The quantitative estimate of drug-likeness (QED) is 0.701. The smallest absolute Gasteiger partial charge is 0.223 e. The predicted octanol–water partition coefficient (Wildman–Crippen LogP) is 1.02. The first kappa shape index (κ1) is 14.5. The molecular weight excluding hydrogens is 216 g/mol. The zero-order valence-corrected chi connectivity index (χ0v) is 11.5. The van der Waals surface area contributed by atoms with Gasteiger partial charge in [-0.3, -0.25) is 4.79 Å². The van der Waals surface area contributed by atoms with Crippen molar-refractivity contribution in [1.29, 1.82) is 0 Å². The molecule has 0 aliphatic carbocycles. The second-order valence-corrected chi connectivity index (χ2v) is 5.23. The van der Waals surface area contributed by atoms with Crippen LogP contribution in [0.2, 0.25) is 0 Å². The number of amides is 1. The van der Waals surface area contributed by atoms with Crippen LogP contribution in [0.5, 0.6) is 0 Å². The lowest BCUT2D eigenvalue weighted by molar-refractivity contribution is -0.128. The summed E-state index contributed by atoms with van der Waals surface area (Å²) in [6, 6.07) is 0.123. The van der Waals surface area contributed by atoms with E-state index in [4.69, 9.17) is 4.74 Å². The molecule has 2 N–H and O–H groups in total. The molecule has 0 spiro atoms. The van der Waals surface area contributed by atoms with Gasteiger partial charge < -0.3 is 15.4 Å². The molecule has 1 amide bonds. The van der Waals surface area contributed by atoms with Gasteiger partial charge in [0.2, 0.25) is 5.91 Å². The van der Waals surface area contributed by atoms with E-state index in [0.29, 0.717) is 25.0 Å². The molecule has 1 rings (SSSR count). The highest BCUT2D eigenvalue weighted by molar-refractivity contribution is 5.79. The molecular formula is C13H26N2O2. The maximum atomic E-state index is 12.1. The molecule has 0 saturated carbocycles. The van der Waals surface area contributed by atoms with Gasteiger partial charge in [-0.1, -0.05) is 20.8 Å². The van der Waals surface area contributed by atoms with E-state index in [0.717, 1.165) is 13.1 Å². The van der Waals surface area contributed by atoms with Gasteiger partial charge in [0.15, 0.2) is 0 Å². The summed E-state index contributed by atoms with van der Waals surface area (Å²) in [6.07, 6.45) is 0. The van der Waals surface area contributed by atoms with Crippen LogP contribution in [0.15, 0.2) is 0 Å². The van der Waals surface area contributed by atoms with E-state index in [-0.39, 0.29) is 17.9 Å². The predicted molar refractivity (Wildman–Crippen MR) is 68.8 cm³/mol. The van der Waals surface area contributed by atoms with Gasteiger partial charge in [0, 0.05) is 12.5 Å². The molecule has 0 bridgehead atoms. The molecule has 1 fully saturated rings. The first-order chi connectivity index (χ1) is 8.06. The van der Waals surface area contributed by atoms with Crippen LogP contribution in [0.1, 0.15) is 27.7 Å². The maximum absolute atomic E-state index is 12.1. The largest absolute Gasteiger partial charge is 0.380 e. The third kappa shape index (κ3) is 4.28. The Morgan fingerprint density at radius 3 is 2.47 bits per heavy atom. The lowest BCUT2D eigenvalue weighted by Crippen LogP contribution is -2.52. The van der Waals surface area contributed by atoms with Crippen molar-refractivity contribution in [3.63, 3.8) is 0 Å². The standard InChI is InChI=1S/C13H26N2O2/c1-5-17-8-12(9(2)3)15-13(16)10(4)11-6-14-7-11/h9-12,14H,5-8H2,1-4H3,(H,15,16). The Morgan fingerprint density at radius 1 is 1.41 bits per heavy atom. The normalized spacial score (nSPS) is 19.8. The molecule has 0 radical (unpaired) electrons. The Balaban J connectivity index is 2.39. The first-order valence-corrected chi connectivity index (χ1v) is 6.65. The minimum atomic E-state index is 0.0964. The number of carbonyl (C=O) groups excluding carboxylic acids is 1. The van der Waals surface area contributed by atoms with E-state index in [1.807, 2.05) is 13.8 Å². The van der Waals surface area contributed by atoms with Crippen molar-refractivity contribution in [1.82, 2.24) is 10.6 Å². The second-order valence-electron chi connectivity index (χ2n) is 5.23. The molecule has 2 unspecified atom stereocenters. The lowest BCUT2D eigenvalue weighted by Gasteiger charge is -2.33. The maximum Gasteiger partial charge on any atom is 0.223 e. The van der Waals surface area contributed by atoms with Gasteiger partial charge in [-0.2, -0.15) is 0 Å². The molecule has 100 valence electrons. The van der Waals surface area contributed by atoms with Crippen molar-refractivity contribution >= 4 is 5.91 Å². The minimum Gasteiger partial charge on any atom is -0.380 e. The topological polar surface area (TPSA) is 50.4 Å². The number of nitrogens with one attached hydrogen (secondary N) is 2. The van der Waals surface area contributed by atoms with Crippen LogP contribution in [0.3, 0.4) is 0 Å². The monoisotopic (exact) mass is 242 g/mol. The molecule has 17 heavy (non-hydrogen) atoms. The van der Waals surface area contributed by atoms with Crippen molar-refractivity contribution in [3.05, 3.63) is 0 Å². The van der Waals surface area contributed by atoms with Crippen LogP contribution < -0.4 is 10.6 Å². The lowest BCUT2D eigenvalue weighted by atomic mass is 9.88. The highest BCUT2D eigenvalue weighted by Crippen LogP contribution is 2.16. The van der Waals surface area contributed by atoms with Crippen molar-refractivity contribution in [2.24, 2.45) is 17.8 Å². The van der Waals surface area contributed by atoms with E-state index in [1.54, 1.807) is 0 Å². The van der Waals surface area contributed by atoms with E-state index in [1.165, 1.54) is 0 Å². The molecule has 1 aliphatic rings. The fraction of sp³-hybridized carbons (Fsp3) is 0.923. The van der Waals surface area contributed by atoms with Crippen LogP contribution in [0.25, 0.3) is 0 Å². The Hall–Kier alpha value is -0.610.